The smallest absolute Gasteiger partial charge is 0.0960 e. The van der Waals surface area contributed by atoms with Gasteiger partial charge in [0, 0.05) is 43.6 Å². The maximum absolute atomic E-state index is 10.9. The Morgan fingerprint density at radius 3 is 2.50 bits per heavy atom. The maximum atomic E-state index is 10.9. The summed E-state index contributed by atoms with van der Waals surface area (Å²) in [5.74, 6) is 0.297. The predicted octanol–water partition coefficient (Wildman–Crippen LogP) is 5.59. The Hall–Kier alpha value is -3.33. The van der Waals surface area contributed by atoms with Gasteiger partial charge in [-0.2, -0.15) is 0 Å². The molecule has 9 heteroatoms. The first-order chi connectivity index (χ1) is 18.2. The van der Waals surface area contributed by atoms with Gasteiger partial charge in [0.25, 0.3) is 0 Å². The maximum Gasteiger partial charge on any atom is 0.0960 e. The Morgan fingerprint density at radius 1 is 1.05 bits per heavy atom. The lowest BCUT2D eigenvalue weighted by Gasteiger charge is -2.32. The van der Waals surface area contributed by atoms with Crippen molar-refractivity contribution in [3.63, 3.8) is 0 Å². The van der Waals surface area contributed by atoms with Crippen molar-refractivity contribution < 1.29 is 9.84 Å². The van der Waals surface area contributed by atoms with Crippen LogP contribution in [-0.2, 0) is 17.4 Å². The van der Waals surface area contributed by atoms with Gasteiger partial charge in [0.1, 0.15) is 0 Å². The molecule has 1 fully saturated rings. The van der Waals surface area contributed by atoms with E-state index in [4.69, 9.17) is 26.3 Å². The number of nitrogens with zero attached hydrogens (tertiary/aromatic N) is 6. The van der Waals surface area contributed by atoms with Crippen LogP contribution < -0.4 is 0 Å². The molecule has 1 atom stereocenters. The number of hydrogen-bond donors (Lipinski definition) is 1. The summed E-state index contributed by atoms with van der Waals surface area (Å²) in [6.45, 7) is 7.01. The van der Waals surface area contributed by atoms with Gasteiger partial charge in [0.05, 0.1) is 50.3 Å². The van der Waals surface area contributed by atoms with E-state index in [1.165, 1.54) is 0 Å². The third-order valence-corrected chi connectivity index (χ3v) is 7.88. The molecule has 1 aromatic carbocycles. The van der Waals surface area contributed by atoms with Crippen LogP contribution in [-0.4, -0.2) is 47.8 Å². The van der Waals surface area contributed by atoms with Gasteiger partial charge in [0.15, 0.2) is 0 Å². The van der Waals surface area contributed by atoms with Crippen LogP contribution in [0.1, 0.15) is 49.7 Å². The standard InChI is InChI=1S/C29H31ClN6O2/c1-17-27(35(4)34-33-17)19-13-25-26(32-15-19)22-7-5-20(29(2,3)37)14-24(22)36(25)28(18-9-11-38-12-10-18)23-8-6-21(30)16-31-23/h5-8,13-16,18,28,37H,9-12H2,1-4H3/t28-/m0/s1. The third-order valence-electron chi connectivity index (χ3n) is 7.66. The molecule has 1 aliphatic rings. The third kappa shape index (κ3) is 4.26. The normalized spacial score (nSPS) is 15.9. The molecule has 0 saturated carbocycles. The number of aliphatic hydroxyl groups is 1. The number of rotatable bonds is 5. The molecule has 1 saturated heterocycles. The van der Waals surface area contributed by atoms with Gasteiger partial charge in [-0.3, -0.25) is 9.97 Å². The molecular formula is C29H31ClN6O2. The van der Waals surface area contributed by atoms with Crippen molar-refractivity contribution in [2.75, 3.05) is 13.2 Å². The lowest BCUT2D eigenvalue weighted by molar-refractivity contribution is 0.0547. The summed E-state index contributed by atoms with van der Waals surface area (Å²) in [5, 5.41) is 21.0. The van der Waals surface area contributed by atoms with Gasteiger partial charge in [-0.05, 0) is 69.4 Å². The minimum Gasteiger partial charge on any atom is -0.386 e. The van der Waals surface area contributed by atoms with E-state index in [-0.39, 0.29) is 6.04 Å². The largest absolute Gasteiger partial charge is 0.386 e. The van der Waals surface area contributed by atoms with E-state index >= 15 is 0 Å². The minimum absolute atomic E-state index is 0.0731. The number of ether oxygens (including phenoxy) is 1. The van der Waals surface area contributed by atoms with Crippen LogP contribution >= 0.6 is 11.6 Å². The van der Waals surface area contributed by atoms with Gasteiger partial charge in [-0.15, -0.1) is 5.10 Å². The van der Waals surface area contributed by atoms with Crippen molar-refractivity contribution in [2.24, 2.45) is 13.0 Å². The number of halogens is 1. The van der Waals surface area contributed by atoms with Crippen molar-refractivity contribution in [1.29, 1.82) is 0 Å². The number of aryl methyl sites for hydroxylation is 2. The molecule has 0 amide bonds. The lowest BCUT2D eigenvalue weighted by atomic mass is 9.88. The SMILES string of the molecule is Cc1nnn(C)c1-c1cnc2c3ccc(C(C)(C)O)cc3n([C@H](c3ccc(Cl)cn3)C3CCOCC3)c2c1. The van der Waals surface area contributed by atoms with E-state index in [2.05, 4.69) is 33.1 Å². The highest BCUT2D eigenvalue weighted by Gasteiger charge is 2.32. The summed E-state index contributed by atoms with van der Waals surface area (Å²) in [7, 11) is 1.90. The molecule has 6 rings (SSSR count). The molecule has 5 heterocycles. The lowest BCUT2D eigenvalue weighted by Crippen LogP contribution is -2.27. The van der Waals surface area contributed by atoms with Crippen LogP contribution in [0.25, 0.3) is 33.2 Å². The van der Waals surface area contributed by atoms with Crippen molar-refractivity contribution in [1.82, 2.24) is 29.5 Å². The van der Waals surface area contributed by atoms with Gasteiger partial charge < -0.3 is 14.4 Å². The first-order valence-electron chi connectivity index (χ1n) is 12.9. The van der Waals surface area contributed by atoms with Crippen LogP contribution in [0.15, 0.2) is 48.8 Å². The van der Waals surface area contributed by atoms with E-state index in [0.29, 0.717) is 24.2 Å². The van der Waals surface area contributed by atoms with Gasteiger partial charge >= 0.3 is 0 Å². The van der Waals surface area contributed by atoms with Gasteiger partial charge in [-0.25, -0.2) is 4.68 Å². The Labute approximate surface area is 226 Å². The Bertz CT molecular complexity index is 1610. The van der Waals surface area contributed by atoms with E-state index in [1.54, 1.807) is 10.9 Å². The molecule has 0 bridgehead atoms. The molecule has 8 nitrogen and oxygen atoms in total. The highest BCUT2D eigenvalue weighted by molar-refractivity contribution is 6.30. The van der Waals surface area contributed by atoms with Crippen molar-refractivity contribution in [2.45, 2.75) is 45.3 Å². The highest BCUT2D eigenvalue weighted by Crippen LogP contribution is 2.41. The second kappa shape index (κ2) is 9.45. The van der Waals surface area contributed by atoms with Crippen molar-refractivity contribution in [3.8, 4) is 11.3 Å². The van der Waals surface area contributed by atoms with Gasteiger partial charge in [-0.1, -0.05) is 28.9 Å². The van der Waals surface area contributed by atoms with Crippen LogP contribution in [0.2, 0.25) is 5.02 Å². The summed E-state index contributed by atoms with van der Waals surface area (Å²) in [6.07, 6.45) is 5.44. The average Bonchev–Trinajstić information content (AvgIpc) is 3.41. The molecule has 0 aliphatic carbocycles. The predicted molar refractivity (Wildman–Crippen MR) is 148 cm³/mol. The molecular weight excluding hydrogens is 500 g/mol. The number of aromatic nitrogens is 6. The van der Waals surface area contributed by atoms with Crippen molar-refractivity contribution in [3.05, 3.63) is 70.8 Å². The Kier molecular flexibility index (Phi) is 6.21. The first-order valence-corrected chi connectivity index (χ1v) is 13.3. The zero-order valence-corrected chi connectivity index (χ0v) is 22.8. The van der Waals surface area contributed by atoms with E-state index in [0.717, 1.165) is 63.0 Å². The fourth-order valence-electron chi connectivity index (χ4n) is 5.75. The molecule has 4 aromatic heterocycles. The minimum atomic E-state index is -0.988. The molecule has 38 heavy (non-hydrogen) atoms. The van der Waals surface area contributed by atoms with E-state index < -0.39 is 5.60 Å². The second-order valence-corrected chi connectivity index (χ2v) is 11.1. The van der Waals surface area contributed by atoms with Gasteiger partial charge in [0.2, 0.25) is 0 Å². The summed E-state index contributed by atoms with van der Waals surface area (Å²) >= 11 is 6.25. The van der Waals surface area contributed by atoms with Crippen molar-refractivity contribution >= 4 is 33.5 Å². The summed E-state index contributed by atoms with van der Waals surface area (Å²) < 4.78 is 9.89. The first kappa shape index (κ1) is 25.0. The Balaban J connectivity index is 1.69. The fourth-order valence-corrected chi connectivity index (χ4v) is 5.86. The molecule has 0 unspecified atom stereocenters. The van der Waals surface area contributed by atoms with Crippen LogP contribution in [0.3, 0.4) is 0 Å². The highest BCUT2D eigenvalue weighted by atomic mass is 35.5. The number of fused-ring (bicyclic) bond motifs is 3. The summed E-state index contributed by atoms with van der Waals surface area (Å²) in [6, 6.07) is 12.2. The number of hydrogen-bond acceptors (Lipinski definition) is 6. The number of benzene rings is 1. The molecule has 1 aliphatic heterocycles. The quantitative estimate of drug-likeness (QED) is 0.319. The van der Waals surface area contributed by atoms with Crippen LogP contribution in [0, 0.1) is 12.8 Å². The van der Waals surface area contributed by atoms with E-state index in [1.807, 2.05) is 52.2 Å². The molecule has 196 valence electrons. The average molecular weight is 531 g/mol. The topological polar surface area (TPSA) is 90.9 Å². The Morgan fingerprint density at radius 2 is 1.84 bits per heavy atom. The zero-order chi connectivity index (χ0) is 26.6. The number of pyridine rings is 2. The molecule has 5 aromatic rings. The fraction of sp³-hybridized carbons (Fsp3) is 0.379. The molecule has 0 spiro atoms. The summed E-state index contributed by atoms with van der Waals surface area (Å²) in [4.78, 5) is 9.78. The zero-order valence-electron chi connectivity index (χ0n) is 22.0. The monoisotopic (exact) mass is 530 g/mol. The second-order valence-electron chi connectivity index (χ2n) is 10.7. The van der Waals surface area contributed by atoms with Crippen LogP contribution in [0.5, 0.6) is 0 Å². The summed E-state index contributed by atoms with van der Waals surface area (Å²) in [5.41, 5.74) is 6.44. The van der Waals surface area contributed by atoms with Crippen LogP contribution in [0.4, 0.5) is 0 Å². The molecule has 1 N–H and O–H groups in total. The molecule has 0 radical (unpaired) electrons. The van der Waals surface area contributed by atoms with E-state index in [9.17, 15) is 5.11 Å².